The zero-order chi connectivity index (χ0) is 12.8. The first-order valence-corrected chi connectivity index (χ1v) is 6.86. The largest absolute Gasteiger partial charge is 0.473 e. The monoisotopic (exact) mass is 262 g/mol. The van der Waals surface area contributed by atoms with E-state index in [1.807, 2.05) is 13.0 Å². The van der Waals surface area contributed by atoms with Crippen molar-refractivity contribution in [3.8, 4) is 5.19 Å². The van der Waals surface area contributed by atoms with Gasteiger partial charge in [0.15, 0.2) is 0 Å². The Labute approximate surface area is 112 Å². The Hall–Kier alpha value is -1.39. The highest BCUT2D eigenvalue weighted by atomic mass is 32.1. The number of rotatable bonds is 6. The number of aryl methyl sites for hydroxylation is 1. The van der Waals surface area contributed by atoms with Crippen molar-refractivity contribution in [1.82, 2.24) is 10.3 Å². The van der Waals surface area contributed by atoms with Crippen LogP contribution >= 0.6 is 11.3 Å². The summed E-state index contributed by atoms with van der Waals surface area (Å²) in [6.45, 7) is 3.86. The molecule has 4 heteroatoms. The van der Waals surface area contributed by atoms with Crippen molar-refractivity contribution in [3.63, 3.8) is 0 Å². The maximum absolute atomic E-state index is 5.13. The molecule has 0 amide bonds. The molecule has 2 aromatic rings. The summed E-state index contributed by atoms with van der Waals surface area (Å²) in [5.74, 6) is 0. The topological polar surface area (TPSA) is 34.1 Å². The second-order valence-electron chi connectivity index (χ2n) is 4.10. The molecule has 1 N–H and O–H groups in total. The van der Waals surface area contributed by atoms with Crippen LogP contribution in [-0.4, -0.2) is 18.6 Å². The van der Waals surface area contributed by atoms with Gasteiger partial charge in [0, 0.05) is 11.4 Å². The number of nitrogens with one attached hydrogen (secondary N) is 1. The molecule has 0 fully saturated rings. The summed E-state index contributed by atoms with van der Waals surface area (Å²) in [4.78, 5) is 5.57. The lowest BCUT2D eigenvalue weighted by Crippen LogP contribution is -2.16. The molecule has 0 bridgehead atoms. The van der Waals surface area contributed by atoms with Crippen molar-refractivity contribution in [3.05, 3.63) is 46.5 Å². The van der Waals surface area contributed by atoms with E-state index in [1.54, 1.807) is 18.4 Å². The first-order chi connectivity index (χ1) is 8.79. The quantitative estimate of drug-likeness (QED) is 0.813. The van der Waals surface area contributed by atoms with Crippen LogP contribution in [0.5, 0.6) is 5.19 Å². The molecule has 0 radical (unpaired) electrons. The third kappa shape index (κ3) is 3.55. The van der Waals surface area contributed by atoms with Gasteiger partial charge in [0.2, 0.25) is 0 Å². The lowest BCUT2D eigenvalue weighted by atomic mass is 10.1. The number of hydrogen-bond donors (Lipinski definition) is 1. The molecule has 0 aliphatic heterocycles. The predicted molar refractivity (Wildman–Crippen MR) is 75.3 cm³/mol. The first-order valence-electron chi connectivity index (χ1n) is 6.04. The fourth-order valence-corrected chi connectivity index (χ4v) is 2.58. The van der Waals surface area contributed by atoms with Crippen molar-refractivity contribution in [2.24, 2.45) is 0 Å². The normalized spacial score (nSPS) is 10.6. The van der Waals surface area contributed by atoms with Crippen molar-refractivity contribution in [1.29, 1.82) is 0 Å². The number of hydrogen-bond acceptors (Lipinski definition) is 4. The van der Waals surface area contributed by atoms with Crippen LogP contribution in [0.1, 0.15) is 16.1 Å². The van der Waals surface area contributed by atoms with Gasteiger partial charge in [-0.15, -0.1) is 0 Å². The van der Waals surface area contributed by atoms with E-state index in [9.17, 15) is 0 Å². The molecule has 18 heavy (non-hydrogen) atoms. The molecule has 0 saturated heterocycles. The van der Waals surface area contributed by atoms with Gasteiger partial charge in [-0.2, -0.15) is 0 Å². The summed E-state index contributed by atoms with van der Waals surface area (Å²) in [5, 5.41) is 4.19. The smallest absolute Gasteiger partial charge is 0.273 e. The number of methoxy groups -OCH3 is 1. The lowest BCUT2D eigenvalue weighted by Gasteiger charge is -2.03. The Bertz CT molecular complexity index is 482. The Kier molecular flexibility index (Phi) is 4.73. The molecule has 0 spiro atoms. The van der Waals surface area contributed by atoms with Gasteiger partial charge in [0.25, 0.3) is 5.19 Å². The van der Waals surface area contributed by atoms with E-state index < -0.39 is 0 Å². The lowest BCUT2D eigenvalue weighted by molar-refractivity contribution is 0.411. The molecule has 0 unspecified atom stereocenters. The van der Waals surface area contributed by atoms with Crippen LogP contribution < -0.4 is 10.1 Å². The minimum atomic E-state index is 0.743. The molecule has 96 valence electrons. The fourth-order valence-electron chi connectivity index (χ4n) is 1.73. The van der Waals surface area contributed by atoms with Gasteiger partial charge in [-0.25, -0.2) is 4.98 Å². The molecule has 0 atom stereocenters. The maximum atomic E-state index is 5.13. The molecule has 0 aliphatic carbocycles. The first kappa shape index (κ1) is 13.1. The van der Waals surface area contributed by atoms with Crippen molar-refractivity contribution >= 4 is 11.3 Å². The van der Waals surface area contributed by atoms with Gasteiger partial charge in [0.05, 0.1) is 12.8 Å². The molecular weight excluding hydrogens is 244 g/mol. The summed E-state index contributed by atoms with van der Waals surface area (Å²) >= 11 is 1.61. The minimum absolute atomic E-state index is 0.743. The second-order valence-corrected chi connectivity index (χ2v) is 5.15. The predicted octanol–water partition coefficient (Wildman–Crippen LogP) is 2.79. The third-order valence-electron chi connectivity index (χ3n) is 2.77. The van der Waals surface area contributed by atoms with E-state index in [0.29, 0.717) is 0 Å². The Balaban J connectivity index is 1.76. The molecular formula is C14H18N2OS. The van der Waals surface area contributed by atoms with Crippen LogP contribution in [0.2, 0.25) is 0 Å². The van der Waals surface area contributed by atoms with Crippen LogP contribution in [0.25, 0.3) is 0 Å². The van der Waals surface area contributed by atoms with E-state index in [4.69, 9.17) is 4.74 Å². The van der Waals surface area contributed by atoms with E-state index in [2.05, 4.69) is 34.6 Å². The van der Waals surface area contributed by atoms with E-state index >= 15 is 0 Å². The highest BCUT2D eigenvalue weighted by Crippen LogP contribution is 2.23. The van der Waals surface area contributed by atoms with Crippen LogP contribution in [0.15, 0.2) is 30.3 Å². The zero-order valence-electron chi connectivity index (χ0n) is 10.8. The number of thiazole rings is 1. The van der Waals surface area contributed by atoms with Crippen LogP contribution in [0.3, 0.4) is 0 Å². The van der Waals surface area contributed by atoms with Crippen molar-refractivity contribution in [2.75, 3.05) is 13.7 Å². The van der Waals surface area contributed by atoms with Gasteiger partial charge in [0.1, 0.15) is 0 Å². The average molecular weight is 262 g/mol. The SMILES string of the molecule is COc1nc(C)c(CNCCc2ccccc2)s1. The summed E-state index contributed by atoms with van der Waals surface area (Å²) in [6, 6.07) is 10.5. The van der Waals surface area contributed by atoms with Gasteiger partial charge in [-0.3, -0.25) is 0 Å². The number of nitrogens with zero attached hydrogens (tertiary/aromatic N) is 1. The second kappa shape index (κ2) is 6.52. The van der Waals surface area contributed by atoms with Crippen molar-refractivity contribution in [2.45, 2.75) is 19.9 Å². The van der Waals surface area contributed by atoms with Crippen LogP contribution in [-0.2, 0) is 13.0 Å². The van der Waals surface area contributed by atoms with E-state index in [0.717, 1.165) is 30.4 Å². The summed E-state index contributed by atoms with van der Waals surface area (Å²) in [7, 11) is 1.66. The molecule has 1 heterocycles. The van der Waals surface area contributed by atoms with Gasteiger partial charge in [-0.05, 0) is 25.5 Å². The summed E-state index contributed by atoms with van der Waals surface area (Å²) in [5.41, 5.74) is 2.42. The summed E-state index contributed by atoms with van der Waals surface area (Å²) in [6.07, 6.45) is 1.05. The van der Waals surface area contributed by atoms with E-state index in [1.165, 1.54) is 10.4 Å². The van der Waals surface area contributed by atoms with Crippen LogP contribution in [0, 0.1) is 6.92 Å². The molecule has 1 aromatic heterocycles. The maximum Gasteiger partial charge on any atom is 0.273 e. The zero-order valence-corrected chi connectivity index (χ0v) is 11.6. The Morgan fingerprint density at radius 2 is 2.06 bits per heavy atom. The molecule has 2 rings (SSSR count). The highest BCUT2D eigenvalue weighted by molar-refractivity contribution is 7.13. The Morgan fingerprint density at radius 1 is 1.28 bits per heavy atom. The van der Waals surface area contributed by atoms with Gasteiger partial charge in [-0.1, -0.05) is 41.7 Å². The van der Waals surface area contributed by atoms with Gasteiger partial charge < -0.3 is 10.1 Å². The number of aromatic nitrogens is 1. The Morgan fingerprint density at radius 3 is 2.72 bits per heavy atom. The average Bonchev–Trinajstić information content (AvgIpc) is 2.77. The van der Waals surface area contributed by atoms with Gasteiger partial charge >= 0.3 is 0 Å². The molecule has 0 saturated carbocycles. The standard InChI is InChI=1S/C14H18N2OS/c1-11-13(18-14(16-11)17-2)10-15-9-8-12-6-4-3-5-7-12/h3-7,15H,8-10H2,1-2H3. The van der Waals surface area contributed by atoms with E-state index in [-0.39, 0.29) is 0 Å². The highest BCUT2D eigenvalue weighted by Gasteiger charge is 2.06. The molecule has 0 aliphatic rings. The number of ether oxygens (including phenoxy) is 1. The molecule has 3 nitrogen and oxygen atoms in total. The fraction of sp³-hybridized carbons (Fsp3) is 0.357. The number of benzene rings is 1. The third-order valence-corrected chi connectivity index (χ3v) is 3.89. The molecule has 1 aromatic carbocycles. The van der Waals surface area contributed by atoms with Crippen LogP contribution in [0.4, 0.5) is 0 Å². The summed E-state index contributed by atoms with van der Waals surface area (Å²) < 4.78 is 5.13. The van der Waals surface area contributed by atoms with Crippen molar-refractivity contribution < 1.29 is 4.74 Å². The minimum Gasteiger partial charge on any atom is -0.473 e.